The minimum Gasteiger partial charge on any atom is -0.477 e. The minimum atomic E-state index is -1.28. The molecule has 29 heavy (non-hydrogen) atoms. The number of aryl methyl sites for hydroxylation is 2. The van der Waals surface area contributed by atoms with Crippen molar-refractivity contribution in [2.24, 2.45) is 0 Å². The Morgan fingerprint density at radius 3 is 2.59 bits per heavy atom. The molecule has 2 N–H and O–H groups in total. The first-order valence-electron chi connectivity index (χ1n) is 9.82. The van der Waals surface area contributed by atoms with Gasteiger partial charge in [-0.15, -0.1) is 0 Å². The van der Waals surface area contributed by atoms with E-state index in [-0.39, 0.29) is 22.6 Å². The topological polar surface area (TPSA) is 71.3 Å². The molecule has 148 valence electrons. The number of nitrogens with zero attached hydrogens (tertiary/aromatic N) is 1. The Morgan fingerprint density at radius 1 is 1.17 bits per heavy atom. The standard InChI is InChI=1S/C23H21FN2O3/c1-11-19-21(26(16-5-6-16)10-17(22(19)27)23(28)29)12(2)18(20(11)24)13-3-4-14-8-25-9-15(14)7-13/h3-4,7,10,16,25H,5-6,8-9H2,1-2H3,(H,28,29). The SMILES string of the molecule is Cc1c(F)c(-c2ccc3c(c2)CNC3)c(C)c2c1c(=O)c(C(=O)O)cn2C1CC1. The summed E-state index contributed by atoms with van der Waals surface area (Å²) in [5, 5.41) is 13.0. The highest BCUT2D eigenvalue weighted by molar-refractivity contribution is 5.97. The lowest BCUT2D eigenvalue weighted by molar-refractivity contribution is 0.0695. The lowest BCUT2D eigenvalue weighted by Gasteiger charge is -2.20. The van der Waals surface area contributed by atoms with Gasteiger partial charge in [-0.3, -0.25) is 4.79 Å². The van der Waals surface area contributed by atoms with Crippen LogP contribution in [0.3, 0.4) is 0 Å². The normalized spacial score (nSPS) is 15.7. The molecule has 2 aromatic carbocycles. The van der Waals surface area contributed by atoms with Gasteiger partial charge in [-0.05, 0) is 60.6 Å². The number of carboxylic acid groups (broad SMARTS) is 1. The van der Waals surface area contributed by atoms with Crippen LogP contribution in [0.2, 0.25) is 0 Å². The Hall–Kier alpha value is -2.99. The molecule has 1 aromatic heterocycles. The molecule has 1 aliphatic carbocycles. The molecule has 0 unspecified atom stereocenters. The van der Waals surface area contributed by atoms with Crippen molar-refractivity contribution in [3.8, 4) is 11.1 Å². The van der Waals surface area contributed by atoms with Crippen LogP contribution in [0.15, 0.2) is 29.2 Å². The molecular weight excluding hydrogens is 371 g/mol. The molecule has 0 spiro atoms. The molecule has 0 atom stereocenters. The van der Waals surface area contributed by atoms with Crippen LogP contribution in [0.4, 0.5) is 4.39 Å². The second-order valence-electron chi connectivity index (χ2n) is 8.07. The van der Waals surface area contributed by atoms with Gasteiger partial charge < -0.3 is 15.0 Å². The lowest BCUT2D eigenvalue weighted by atomic mass is 9.91. The maximum absolute atomic E-state index is 15.6. The van der Waals surface area contributed by atoms with Crippen LogP contribution in [-0.4, -0.2) is 15.6 Å². The van der Waals surface area contributed by atoms with E-state index in [2.05, 4.69) is 5.32 Å². The minimum absolute atomic E-state index is 0.150. The molecule has 6 heteroatoms. The maximum atomic E-state index is 15.6. The number of aromatic nitrogens is 1. The Balaban J connectivity index is 1.88. The summed E-state index contributed by atoms with van der Waals surface area (Å²) in [5.41, 5.74) is 4.25. The molecule has 0 amide bonds. The smallest absolute Gasteiger partial charge is 0.341 e. The van der Waals surface area contributed by atoms with Gasteiger partial charge in [0.2, 0.25) is 5.43 Å². The highest BCUT2D eigenvalue weighted by atomic mass is 19.1. The number of pyridine rings is 1. The van der Waals surface area contributed by atoms with Crippen molar-refractivity contribution in [1.29, 1.82) is 0 Å². The first kappa shape index (κ1) is 18.1. The molecule has 5 nitrogen and oxygen atoms in total. The average molecular weight is 392 g/mol. The number of fused-ring (bicyclic) bond motifs is 2. The van der Waals surface area contributed by atoms with E-state index in [9.17, 15) is 14.7 Å². The number of carboxylic acids is 1. The van der Waals surface area contributed by atoms with Gasteiger partial charge in [0, 0.05) is 30.9 Å². The Bertz CT molecular complexity index is 1270. The molecule has 1 fully saturated rings. The number of nitrogens with one attached hydrogen (secondary N) is 1. The molecule has 0 radical (unpaired) electrons. The third-order valence-corrected chi connectivity index (χ3v) is 6.19. The second kappa shape index (κ2) is 6.26. The van der Waals surface area contributed by atoms with Gasteiger partial charge >= 0.3 is 5.97 Å². The van der Waals surface area contributed by atoms with E-state index in [0.717, 1.165) is 37.1 Å². The third kappa shape index (κ3) is 2.63. The summed E-state index contributed by atoms with van der Waals surface area (Å²) < 4.78 is 17.5. The Kier molecular flexibility index (Phi) is 3.90. The van der Waals surface area contributed by atoms with Gasteiger partial charge in [-0.25, -0.2) is 9.18 Å². The van der Waals surface area contributed by atoms with Crippen LogP contribution in [0.5, 0.6) is 0 Å². The van der Waals surface area contributed by atoms with Gasteiger partial charge in [-0.2, -0.15) is 0 Å². The Labute approximate surface area is 166 Å². The van der Waals surface area contributed by atoms with Gasteiger partial charge in [0.25, 0.3) is 0 Å². The molecule has 2 heterocycles. The largest absolute Gasteiger partial charge is 0.477 e. The van der Waals surface area contributed by atoms with Gasteiger partial charge in [0.1, 0.15) is 11.4 Å². The van der Waals surface area contributed by atoms with Crippen LogP contribution in [-0.2, 0) is 13.1 Å². The predicted octanol–water partition coefficient (Wildman–Crippen LogP) is 4.06. The number of carbonyl (C=O) groups is 1. The fourth-order valence-corrected chi connectivity index (χ4v) is 4.53. The van der Waals surface area contributed by atoms with Crippen LogP contribution in [0.25, 0.3) is 22.0 Å². The van der Waals surface area contributed by atoms with E-state index in [1.54, 1.807) is 6.92 Å². The van der Waals surface area contributed by atoms with Crippen molar-refractivity contribution < 1.29 is 14.3 Å². The Morgan fingerprint density at radius 2 is 1.90 bits per heavy atom. The lowest BCUT2D eigenvalue weighted by Crippen LogP contribution is -2.21. The number of benzene rings is 2. The molecule has 1 saturated carbocycles. The molecular formula is C23H21FN2O3. The third-order valence-electron chi connectivity index (χ3n) is 6.19. The quantitative estimate of drug-likeness (QED) is 0.705. The monoisotopic (exact) mass is 392 g/mol. The van der Waals surface area contributed by atoms with Gasteiger partial charge in [0.15, 0.2) is 0 Å². The highest BCUT2D eigenvalue weighted by Crippen LogP contribution is 2.41. The molecule has 5 rings (SSSR count). The predicted molar refractivity (Wildman–Crippen MR) is 109 cm³/mol. The van der Waals surface area contributed by atoms with Gasteiger partial charge in [-0.1, -0.05) is 12.1 Å². The van der Waals surface area contributed by atoms with Crippen LogP contribution in [0, 0.1) is 19.7 Å². The number of rotatable bonds is 3. The maximum Gasteiger partial charge on any atom is 0.341 e. The number of aromatic carboxylic acids is 1. The molecule has 1 aliphatic heterocycles. The van der Waals surface area contributed by atoms with E-state index in [0.29, 0.717) is 16.6 Å². The zero-order valence-electron chi connectivity index (χ0n) is 16.3. The average Bonchev–Trinajstić information content (AvgIpc) is 3.42. The van der Waals surface area contributed by atoms with E-state index >= 15 is 4.39 Å². The highest BCUT2D eigenvalue weighted by Gasteiger charge is 2.30. The summed E-state index contributed by atoms with van der Waals surface area (Å²) in [4.78, 5) is 24.5. The zero-order chi connectivity index (χ0) is 20.4. The van der Waals surface area contributed by atoms with E-state index in [1.165, 1.54) is 11.8 Å². The van der Waals surface area contributed by atoms with Crippen molar-refractivity contribution in [3.63, 3.8) is 0 Å². The number of hydrogen-bond donors (Lipinski definition) is 2. The molecule has 2 aliphatic rings. The fraction of sp³-hybridized carbons (Fsp3) is 0.304. The number of hydrogen-bond acceptors (Lipinski definition) is 3. The van der Waals surface area contributed by atoms with Crippen molar-refractivity contribution in [1.82, 2.24) is 9.88 Å². The van der Waals surface area contributed by atoms with E-state index in [1.807, 2.05) is 29.7 Å². The van der Waals surface area contributed by atoms with Crippen molar-refractivity contribution in [2.75, 3.05) is 0 Å². The molecule has 3 aromatic rings. The zero-order valence-corrected chi connectivity index (χ0v) is 16.3. The van der Waals surface area contributed by atoms with Crippen molar-refractivity contribution in [2.45, 2.75) is 45.8 Å². The first-order valence-corrected chi connectivity index (χ1v) is 9.82. The molecule has 0 saturated heterocycles. The summed E-state index contributed by atoms with van der Waals surface area (Å²) in [7, 11) is 0. The van der Waals surface area contributed by atoms with Crippen molar-refractivity contribution in [3.05, 3.63) is 68.3 Å². The van der Waals surface area contributed by atoms with Gasteiger partial charge in [0.05, 0.1) is 10.9 Å². The summed E-state index contributed by atoms with van der Waals surface area (Å²) in [6.07, 6.45) is 3.28. The van der Waals surface area contributed by atoms with E-state index in [4.69, 9.17) is 0 Å². The van der Waals surface area contributed by atoms with Crippen LogP contribution >= 0.6 is 0 Å². The van der Waals surface area contributed by atoms with Crippen LogP contribution in [0.1, 0.15) is 51.5 Å². The first-order chi connectivity index (χ1) is 13.9. The summed E-state index contributed by atoms with van der Waals surface area (Å²) in [6, 6.07) is 6.10. The summed E-state index contributed by atoms with van der Waals surface area (Å²) in [5.74, 6) is -1.73. The van der Waals surface area contributed by atoms with Crippen LogP contribution < -0.4 is 10.7 Å². The summed E-state index contributed by atoms with van der Waals surface area (Å²) in [6.45, 7) is 4.96. The van der Waals surface area contributed by atoms with Crippen molar-refractivity contribution >= 4 is 16.9 Å². The van der Waals surface area contributed by atoms with E-state index < -0.39 is 17.2 Å². The molecule has 0 bridgehead atoms. The summed E-state index contributed by atoms with van der Waals surface area (Å²) >= 11 is 0. The fourth-order valence-electron chi connectivity index (χ4n) is 4.53. The second-order valence-corrected chi connectivity index (χ2v) is 8.07. The number of halogens is 1.